The fourth-order valence-electron chi connectivity index (χ4n) is 2.30. The van der Waals surface area contributed by atoms with Crippen LogP contribution in [0.2, 0.25) is 0 Å². The number of nitrogens with zero attached hydrogens (tertiary/aromatic N) is 1. The molecule has 0 aliphatic heterocycles. The van der Waals surface area contributed by atoms with E-state index in [0.717, 1.165) is 12.8 Å². The molecule has 0 saturated heterocycles. The lowest BCUT2D eigenvalue weighted by atomic mass is 10.0. The van der Waals surface area contributed by atoms with Crippen LogP contribution in [0, 0.1) is 22.5 Å². The summed E-state index contributed by atoms with van der Waals surface area (Å²) in [5.41, 5.74) is 0.0744. The zero-order valence-electron chi connectivity index (χ0n) is 11.7. The number of nitro benzene ring substituents is 1. The summed E-state index contributed by atoms with van der Waals surface area (Å²) < 4.78 is 27.1. The van der Waals surface area contributed by atoms with Crippen LogP contribution in [0.15, 0.2) is 23.1 Å². The van der Waals surface area contributed by atoms with E-state index in [1.807, 2.05) is 0 Å². The van der Waals surface area contributed by atoms with E-state index in [2.05, 4.69) is 4.72 Å². The standard InChI is InChI=1S/C13H18N2O5S/c1-10-8-11(15(17)18)2-3-12(10)21(19,20)14-9-13(4-5-13)6-7-16/h2-3,8,14,16H,4-7,9H2,1H3. The lowest BCUT2D eigenvalue weighted by Crippen LogP contribution is -2.31. The van der Waals surface area contributed by atoms with E-state index in [0.29, 0.717) is 12.0 Å². The average molecular weight is 314 g/mol. The molecule has 0 amide bonds. The molecule has 0 radical (unpaired) electrons. The maximum Gasteiger partial charge on any atom is 0.269 e. The van der Waals surface area contributed by atoms with Crippen molar-refractivity contribution in [2.45, 2.75) is 31.1 Å². The summed E-state index contributed by atoms with van der Waals surface area (Å²) >= 11 is 0. The number of non-ortho nitro benzene ring substituents is 1. The minimum Gasteiger partial charge on any atom is -0.396 e. The van der Waals surface area contributed by atoms with Crippen molar-refractivity contribution in [1.82, 2.24) is 4.72 Å². The molecule has 2 rings (SSSR count). The van der Waals surface area contributed by atoms with Crippen molar-refractivity contribution in [1.29, 1.82) is 0 Å². The fraction of sp³-hybridized carbons (Fsp3) is 0.538. The average Bonchev–Trinajstić information content (AvgIpc) is 3.17. The first-order valence-electron chi connectivity index (χ1n) is 6.65. The number of hydrogen-bond donors (Lipinski definition) is 2. The molecule has 21 heavy (non-hydrogen) atoms. The molecular weight excluding hydrogens is 296 g/mol. The summed E-state index contributed by atoms with van der Waals surface area (Å²) in [6.45, 7) is 1.85. The molecule has 1 aromatic carbocycles. The molecule has 0 unspecified atom stereocenters. The summed E-state index contributed by atoms with van der Waals surface area (Å²) in [4.78, 5) is 10.2. The van der Waals surface area contributed by atoms with Gasteiger partial charge in [-0.05, 0) is 43.2 Å². The van der Waals surface area contributed by atoms with Crippen molar-refractivity contribution in [3.63, 3.8) is 0 Å². The number of hydrogen-bond acceptors (Lipinski definition) is 5. The highest BCUT2D eigenvalue weighted by Gasteiger charge is 2.42. The van der Waals surface area contributed by atoms with Crippen LogP contribution in [0.25, 0.3) is 0 Å². The van der Waals surface area contributed by atoms with E-state index in [9.17, 15) is 18.5 Å². The van der Waals surface area contributed by atoms with E-state index < -0.39 is 14.9 Å². The maximum atomic E-state index is 12.3. The fourth-order valence-corrected chi connectivity index (χ4v) is 3.69. The van der Waals surface area contributed by atoms with Crippen molar-refractivity contribution < 1.29 is 18.4 Å². The van der Waals surface area contributed by atoms with Gasteiger partial charge in [-0.15, -0.1) is 0 Å². The predicted octanol–water partition coefficient (Wildman–Crippen LogP) is 1.34. The van der Waals surface area contributed by atoms with Gasteiger partial charge in [-0.2, -0.15) is 0 Å². The molecular formula is C13H18N2O5S. The Balaban J connectivity index is 2.14. The Kier molecular flexibility index (Phi) is 4.31. The van der Waals surface area contributed by atoms with Crippen molar-refractivity contribution >= 4 is 15.7 Å². The van der Waals surface area contributed by atoms with E-state index in [-0.39, 0.29) is 29.1 Å². The first-order valence-corrected chi connectivity index (χ1v) is 8.14. The highest BCUT2D eigenvalue weighted by Crippen LogP contribution is 2.48. The first kappa shape index (κ1) is 15.9. The van der Waals surface area contributed by atoms with Gasteiger partial charge in [0.2, 0.25) is 10.0 Å². The second-order valence-electron chi connectivity index (χ2n) is 5.51. The molecule has 0 spiro atoms. The number of nitro groups is 1. The van der Waals surface area contributed by atoms with Gasteiger partial charge >= 0.3 is 0 Å². The van der Waals surface area contributed by atoms with Gasteiger partial charge in [0.05, 0.1) is 9.82 Å². The third-order valence-electron chi connectivity index (χ3n) is 3.90. The number of aryl methyl sites for hydroxylation is 1. The SMILES string of the molecule is Cc1cc([N+](=O)[O-])ccc1S(=O)(=O)NCC1(CCO)CC1. The Bertz CT molecular complexity index is 653. The van der Waals surface area contributed by atoms with E-state index in [1.165, 1.54) is 25.1 Å². The van der Waals surface area contributed by atoms with Crippen molar-refractivity contribution in [3.8, 4) is 0 Å². The summed E-state index contributed by atoms with van der Waals surface area (Å²) in [7, 11) is -3.70. The van der Waals surface area contributed by atoms with Crippen LogP contribution in [-0.4, -0.2) is 31.6 Å². The number of rotatable bonds is 7. The largest absolute Gasteiger partial charge is 0.396 e. The van der Waals surface area contributed by atoms with Gasteiger partial charge in [0.15, 0.2) is 0 Å². The summed E-state index contributed by atoms with van der Waals surface area (Å²) in [5.74, 6) is 0. The Morgan fingerprint density at radius 2 is 2.10 bits per heavy atom. The number of sulfonamides is 1. The molecule has 0 heterocycles. The van der Waals surface area contributed by atoms with Crippen LogP contribution in [-0.2, 0) is 10.0 Å². The topological polar surface area (TPSA) is 110 Å². The van der Waals surface area contributed by atoms with Gasteiger partial charge in [-0.1, -0.05) is 0 Å². The molecule has 2 N–H and O–H groups in total. The van der Waals surface area contributed by atoms with Crippen molar-refractivity contribution in [2.75, 3.05) is 13.2 Å². The highest BCUT2D eigenvalue weighted by molar-refractivity contribution is 7.89. The minimum atomic E-state index is -3.70. The molecule has 0 bridgehead atoms. The van der Waals surface area contributed by atoms with E-state index in [4.69, 9.17) is 5.11 Å². The normalized spacial score (nSPS) is 16.7. The van der Waals surface area contributed by atoms with Crippen molar-refractivity contribution in [2.24, 2.45) is 5.41 Å². The van der Waals surface area contributed by atoms with Crippen LogP contribution in [0.3, 0.4) is 0 Å². The van der Waals surface area contributed by atoms with E-state index >= 15 is 0 Å². The zero-order chi connectivity index (χ0) is 15.7. The predicted molar refractivity (Wildman–Crippen MR) is 76.4 cm³/mol. The number of aliphatic hydroxyl groups excluding tert-OH is 1. The third kappa shape index (κ3) is 3.58. The summed E-state index contributed by atoms with van der Waals surface area (Å²) in [5, 5.41) is 19.6. The second-order valence-corrected chi connectivity index (χ2v) is 7.24. The molecule has 8 heteroatoms. The smallest absolute Gasteiger partial charge is 0.269 e. The lowest BCUT2D eigenvalue weighted by Gasteiger charge is -2.15. The van der Waals surface area contributed by atoms with Crippen LogP contribution in [0.4, 0.5) is 5.69 Å². The lowest BCUT2D eigenvalue weighted by molar-refractivity contribution is -0.385. The Morgan fingerprint density at radius 1 is 1.43 bits per heavy atom. The molecule has 1 saturated carbocycles. The van der Waals surface area contributed by atoms with Crippen LogP contribution < -0.4 is 4.72 Å². The molecule has 1 aromatic rings. The van der Waals surface area contributed by atoms with E-state index in [1.54, 1.807) is 0 Å². The van der Waals surface area contributed by atoms with Gasteiger partial charge < -0.3 is 5.11 Å². The maximum absolute atomic E-state index is 12.3. The number of benzene rings is 1. The monoisotopic (exact) mass is 314 g/mol. The molecule has 0 aromatic heterocycles. The van der Waals surface area contributed by atoms with Crippen LogP contribution in [0.1, 0.15) is 24.8 Å². The molecule has 1 aliphatic carbocycles. The molecule has 1 aliphatic rings. The van der Waals surface area contributed by atoms with Gasteiger partial charge in [0.25, 0.3) is 5.69 Å². The summed E-state index contributed by atoms with van der Waals surface area (Å²) in [6.07, 6.45) is 2.37. The minimum absolute atomic E-state index is 0.0400. The second kappa shape index (κ2) is 5.70. The van der Waals surface area contributed by atoms with Crippen LogP contribution in [0.5, 0.6) is 0 Å². The molecule has 116 valence electrons. The molecule has 7 nitrogen and oxygen atoms in total. The summed E-state index contributed by atoms with van der Waals surface area (Å²) in [6, 6.07) is 3.68. The van der Waals surface area contributed by atoms with Crippen LogP contribution >= 0.6 is 0 Å². The zero-order valence-corrected chi connectivity index (χ0v) is 12.5. The number of aliphatic hydroxyl groups is 1. The van der Waals surface area contributed by atoms with Gasteiger partial charge in [0, 0.05) is 25.3 Å². The molecule has 0 atom stereocenters. The molecule has 1 fully saturated rings. The van der Waals surface area contributed by atoms with Crippen molar-refractivity contribution in [3.05, 3.63) is 33.9 Å². The number of nitrogens with one attached hydrogen (secondary N) is 1. The van der Waals surface area contributed by atoms with Gasteiger partial charge in [-0.3, -0.25) is 10.1 Å². The highest BCUT2D eigenvalue weighted by atomic mass is 32.2. The quantitative estimate of drug-likeness (QED) is 0.583. The Hall–Kier alpha value is -1.51. The Morgan fingerprint density at radius 3 is 2.57 bits per heavy atom. The van der Waals surface area contributed by atoms with Gasteiger partial charge in [-0.25, -0.2) is 13.1 Å². The Labute approximate surface area is 123 Å². The first-order chi connectivity index (χ1) is 9.80. The van der Waals surface area contributed by atoms with Gasteiger partial charge in [0.1, 0.15) is 0 Å². The third-order valence-corrected chi connectivity index (χ3v) is 5.46.